The SMILES string of the molecule is CCC(CC)CC(N)Cc1cccc2ccccc12. The molecule has 0 aliphatic heterocycles. The van der Waals surface area contributed by atoms with Gasteiger partial charge >= 0.3 is 0 Å². The van der Waals surface area contributed by atoms with Crippen LogP contribution in [0.3, 0.4) is 0 Å². The standard InChI is InChI=1S/C18H25N/c1-3-14(4-2)12-17(19)13-16-10-7-9-15-8-5-6-11-18(15)16/h5-11,14,17H,3-4,12-13,19H2,1-2H3. The van der Waals surface area contributed by atoms with Crippen LogP contribution in [0, 0.1) is 5.92 Å². The van der Waals surface area contributed by atoms with Crippen LogP contribution < -0.4 is 5.73 Å². The lowest BCUT2D eigenvalue weighted by Gasteiger charge is -2.19. The van der Waals surface area contributed by atoms with Crippen LogP contribution in [0.4, 0.5) is 0 Å². The van der Waals surface area contributed by atoms with Crippen LogP contribution in [0.25, 0.3) is 10.8 Å². The Bertz CT molecular complexity index is 509. The number of fused-ring (bicyclic) bond motifs is 1. The van der Waals surface area contributed by atoms with Crippen molar-refractivity contribution in [2.45, 2.75) is 45.6 Å². The second-order valence-electron chi connectivity index (χ2n) is 5.52. The molecule has 0 radical (unpaired) electrons. The monoisotopic (exact) mass is 255 g/mol. The van der Waals surface area contributed by atoms with Gasteiger partial charge in [-0.2, -0.15) is 0 Å². The number of hydrogen-bond acceptors (Lipinski definition) is 1. The van der Waals surface area contributed by atoms with Crippen LogP contribution in [0.1, 0.15) is 38.7 Å². The van der Waals surface area contributed by atoms with E-state index >= 15 is 0 Å². The molecule has 2 rings (SSSR count). The first kappa shape index (κ1) is 14.1. The van der Waals surface area contributed by atoms with Crippen molar-refractivity contribution in [1.29, 1.82) is 0 Å². The molecular formula is C18H25N. The lowest BCUT2D eigenvalue weighted by molar-refractivity contribution is 0.408. The minimum Gasteiger partial charge on any atom is -0.327 e. The Kier molecular flexibility index (Phi) is 4.98. The van der Waals surface area contributed by atoms with Crippen molar-refractivity contribution in [2.75, 3.05) is 0 Å². The molecule has 0 aliphatic rings. The van der Waals surface area contributed by atoms with E-state index in [0.717, 1.165) is 18.8 Å². The fraction of sp³-hybridized carbons (Fsp3) is 0.444. The number of nitrogens with two attached hydrogens (primary N) is 1. The van der Waals surface area contributed by atoms with Gasteiger partial charge in [0, 0.05) is 6.04 Å². The zero-order valence-electron chi connectivity index (χ0n) is 12.1. The zero-order valence-corrected chi connectivity index (χ0v) is 12.1. The quantitative estimate of drug-likeness (QED) is 0.806. The van der Waals surface area contributed by atoms with Crippen molar-refractivity contribution in [2.24, 2.45) is 11.7 Å². The van der Waals surface area contributed by atoms with Crippen LogP contribution in [-0.4, -0.2) is 6.04 Å². The maximum atomic E-state index is 6.35. The summed E-state index contributed by atoms with van der Waals surface area (Å²) in [6, 6.07) is 15.4. The molecule has 0 bridgehead atoms. The van der Waals surface area contributed by atoms with Gasteiger partial charge in [0.05, 0.1) is 0 Å². The minimum atomic E-state index is 0.274. The molecule has 2 N–H and O–H groups in total. The number of hydrogen-bond donors (Lipinski definition) is 1. The lowest BCUT2D eigenvalue weighted by Crippen LogP contribution is -2.26. The van der Waals surface area contributed by atoms with Gasteiger partial charge in [-0.3, -0.25) is 0 Å². The summed E-state index contributed by atoms with van der Waals surface area (Å²) in [5.41, 5.74) is 7.73. The highest BCUT2D eigenvalue weighted by Crippen LogP contribution is 2.22. The maximum absolute atomic E-state index is 6.35. The van der Waals surface area contributed by atoms with E-state index in [2.05, 4.69) is 56.3 Å². The Balaban J connectivity index is 2.12. The highest BCUT2D eigenvalue weighted by Gasteiger charge is 2.12. The predicted molar refractivity (Wildman–Crippen MR) is 84.3 cm³/mol. The average molecular weight is 255 g/mol. The smallest absolute Gasteiger partial charge is 0.00821 e. The van der Waals surface area contributed by atoms with E-state index in [1.54, 1.807) is 0 Å². The molecule has 0 aliphatic carbocycles. The molecule has 1 atom stereocenters. The largest absolute Gasteiger partial charge is 0.327 e. The van der Waals surface area contributed by atoms with Gasteiger partial charge in [-0.1, -0.05) is 69.2 Å². The van der Waals surface area contributed by atoms with Crippen molar-refractivity contribution in [3.05, 3.63) is 48.0 Å². The molecule has 0 aromatic heterocycles. The fourth-order valence-electron chi connectivity index (χ4n) is 2.89. The van der Waals surface area contributed by atoms with Gasteiger partial charge in [0.1, 0.15) is 0 Å². The molecule has 0 heterocycles. The molecule has 19 heavy (non-hydrogen) atoms. The van der Waals surface area contributed by atoms with E-state index in [1.807, 2.05) is 0 Å². The number of rotatable bonds is 6. The molecule has 0 saturated carbocycles. The molecule has 102 valence electrons. The first-order chi connectivity index (χ1) is 9.24. The van der Waals surface area contributed by atoms with Crippen molar-refractivity contribution in [1.82, 2.24) is 0 Å². The van der Waals surface area contributed by atoms with Gasteiger partial charge < -0.3 is 5.73 Å². The van der Waals surface area contributed by atoms with Gasteiger partial charge in [0.15, 0.2) is 0 Å². The second kappa shape index (κ2) is 6.72. The molecule has 2 aromatic carbocycles. The molecule has 0 amide bonds. The lowest BCUT2D eigenvalue weighted by atomic mass is 9.90. The van der Waals surface area contributed by atoms with Crippen LogP contribution in [0.15, 0.2) is 42.5 Å². The molecule has 0 fully saturated rings. The first-order valence-corrected chi connectivity index (χ1v) is 7.46. The van der Waals surface area contributed by atoms with Crippen molar-refractivity contribution in [3.63, 3.8) is 0 Å². The predicted octanol–water partition coefficient (Wildman–Crippen LogP) is 4.54. The van der Waals surface area contributed by atoms with E-state index in [4.69, 9.17) is 5.73 Å². The highest BCUT2D eigenvalue weighted by atomic mass is 14.6. The van der Waals surface area contributed by atoms with Crippen molar-refractivity contribution >= 4 is 10.8 Å². The van der Waals surface area contributed by atoms with E-state index < -0.39 is 0 Å². The third kappa shape index (κ3) is 3.57. The molecule has 0 spiro atoms. The van der Waals surface area contributed by atoms with Crippen LogP contribution in [-0.2, 0) is 6.42 Å². The van der Waals surface area contributed by atoms with E-state index in [0.29, 0.717) is 0 Å². The van der Waals surface area contributed by atoms with Crippen LogP contribution in [0.2, 0.25) is 0 Å². The Morgan fingerprint density at radius 1 is 0.947 bits per heavy atom. The van der Waals surface area contributed by atoms with Gasteiger partial charge in [-0.15, -0.1) is 0 Å². The van der Waals surface area contributed by atoms with Gasteiger partial charge in [0.25, 0.3) is 0 Å². The summed E-state index contributed by atoms with van der Waals surface area (Å²) in [5.74, 6) is 0.768. The third-order valence-corrected chi connectivity index (χ3v) is 4.15. The average Bonchev–Trinajstić information content (AvgIpc) is 2.45. The third-order valence-electron chi connectivity index (χ3n) is 4.15. The Morgan fingerprint density at radius 2 is 1.63 bits per heavy atom. The van der Waals surface area contributed by atoms with Crippen molar-refractivity contribution in [3.8, 4) is 0 Å². The minimum absolute atomic E-state index is 0.274. The summed E-state index contributed by atoms with van der Waals surface area (Å²) in [4.78, 5) is 0. The van der Waals surface area contributed by atoms with Crippen LogP contribution >= 0.6 is 0 Å². The van der Waals surface area contributed by atoms with E-state index in [9.17, 15) is 0 Å². The Labute approximate surface area is 116 Å². The van der Waals surface area contributed by atoms with Gasteiger partial charge in [-0.05, 0) is 35.1 Å². The summed E-state index contributed by atoms with van der Waals surface area (Å²) in [6.45, 7) is 4.53. The van der Waals surface area contributed by atoms with E-state index in [-0.39, 0.29) is 6.04 Å². The molecular weight excluding hydrogens is 230 g/mol. The summed E-state index contributed by atoms with van der Waals surface area (Å²) >= 11 is 0. The first-order valence-electron chi connectivity index (χ1n) is 7.46. The summed E-state index contributed by atoms with van der Waals surface area (Å²) in [7, 11) is 0. The normalized spacial score (nSPS) is 13.1. The van der Waals surface area contributed by atoms with Crippen molar-refractivity contribution < 1.29 is 0 Å². The molecule has 2 aromatic rings. The summed E-state index contributed by atoms with van der Waals surface area (Å²) in [6.07, 6.45) is 4.59. The zero-order chi connectivity index (χ0) is 13.7. The molecule has 1 unspecified atom stereocenters. The molecule has 1 heteroatoms. The molecule has 0 saturated heterocycles. The van der Waals surface area contributed by atoms with Crippen LogP contribution in [0.5, 0.6) is 0 Å². The second-order valence-corrected chi connectivity index (χ2v) is 5.52. The van der Waals surface area contributed by atoms with E-state index in [1.165, 1.54) is 29.2 Å². The topological polar surface area (TPSA) is 26.0 Å². The van der Waals surface area contributed by atoms with Gasteiger partial charge in [-0.25, -0.2) is 0 Å². The Hall–Kier alpha value is -1.34. The molecule has 1 nitrogen and oxygen atoms in total. The maximum Gasteiger partial charge on any atom is 0.00821 e. The van der Waals surface area contributed by atoms with Gasteiger partial charge in [0.2, 0.25) is 0 Å². The number of benzene rings is 2. The summed E-state index contributed by atoms with van der Waals surface area (Å²) < 4.78 is 0. The fourth-order valence-corrected chi connectivity index (χ4v) is 2.89. The highest BCUT2D eigenvalue weighted by molar-refractivity contribution is 5.85. The Morgan fingerprint density at radius 3 is 2.37 bits per heavy atom. The summed E-state index contributed by atoms with van der Waals surface area (Å²) in [5, 5.41) is 2.67.